The van der Waals surface area contributed by atoms with Crippen molar-refractivity contribution in [3.63, 3.8) is 0 Å². The van der Waals surface area contributed by atoms with Gasteiger partial charge >= 0.3 is 6.03 Å². The number of amides is 3. The number of hydrogen-bond acceptors (Lipinski definition) is 7. The van der Waals surface area contributed by atoms with Gasteiger partial charge in [0.05, 0.1) is 18.4 Å². The fraction of sp³-hybridized carbons (Fsp3) is 0.829. The Hall–Kier alpha value is -2.44. The fourth-order valence-corrected chi connectivity index (χ4v) is 10.6. The smallest absolute Gasteiger partial charge is 0.320 e. The van der Waals surface area contributed by atoms with Crippen LogP contribution in [0.25, 0.3) is 0 Å². The number of fused-ring (bicyclic) bond motifs is 7. The molecule has 3 saturated heterocycles. The molecular formula is C35H56F2N8O2. The summed E-state index contributed by atoms with van der Waals surface area (Å²) in [6.07, 6.45) is 8.61. The minimum Gasteiger partial charge on any atom is -0.336 e. The number of alkyl halides is 2. The third-order valence-corrected chi connectivity index (χ3v) is 12.9. The summed E-state index contributed by atoms with van der Waals surface area (Å²) in [5.41, 5.74) is 7.71. The third kappa shape index (κ3) is 6.05. The summed E-state index contributed by atoms with van der Waals surface area (Å²) in [7, 11) is 0. The molecule has 7 aliphatic rings. The molecule has 2 aliphatic carbocycles. The number of carbonyl (C=O) groups excluding carboxylic acids is 2. The highest BCUT2D eigenvalue weighted by Crippen LogP contribution is 2.46. The van der Waals surface area contributed by atoms with Crippen molar-refractivity contribution < 1.29 is 18.4 Å². The number of halogens is 2. The summed E-state index contributed by atoms with van der Waals surface area (Å²) in [4.78, 5) is 33.3. The number of piperidine rings is 1. The Morgan fingerprint density at radius 3 is 2.60 bits per heavy atom. The molecule has 0 aromatic rings. The lowest BCUT2D eigenvalue weighted by molar-refractivity contribution is -0.133. The summed E-state index contributed by atoms with van der Waals surface area (Å²) in [5.74, 6) is 0.169. The molecule has 5 aliphatic heterocycles. The van der Waals surface area contributed by atoms with Crippen LogP contribution in [0.5, 0.6) is 0 Å². The lowest BCUT2D eigenvalue weighted by Gasteiger charge is -2.60. The van der Waals surface area contributed by atoms with Crippen LogP contribution in [0.3, 0.4) is 0 Å². The van der Waals surface area contributed by atoms with Crippen LogP contribution in [0.4, 0.5) is 13.6 Å². The fourth-order valence-electron chi connectivity index (χ4n) is 10.6. The van der Waals surface area contributed by atoms with E-state index in [2.05, 4.69) is 64.9 Å². The molecule has 262 valence electrons. The molecule has 0 aromatic heterocycles. The van der Waals surface area contributed by atoms with Gasteiger partial charge in [-0.3, -0.25) is 20.0 Å². The van der Waals surface area contributed by atoms with E-state index in [9.17, 15) is 9.59 Å². The first kappa shape index (κ1) is 33.1. The number of carbonyl (C=O) groups is 2. The lowest BCUT2D eigenvalue weighted by atomic mass is 9.68. The van der Waals surface area contributed by atoms with Crippen LogP contribution in [-0.2, 0) is 4.79 Å². The van der Waals surface area contributed by atoms with Crippen LogP contribution in [0.1, 0.15) is 85.0 Å². The van der Waals surface area contributed by atoms with Gasteiger partial charge in [-0.15, -0.1) is 5.53 Å². The summed E-state index contributed by atoms with van der Waals surface area (Å²) in [6, 6.07) is -1.03. The van der Waals surface area contributed by atoms with Crippen molar-refractivity contribution >= 4 is 11.9 Å². The van der Waals surface area contributed by atoms with Crippen LogP contribution in [-0.4, -0.2) is 100 Å². The van der Waals surface area contributed by atoms with Crippen LogP contribution in [0.15, 0.2) is 24.6 Å². The van der Waals surface area contributed by atoms with Gasteiger partial charge in [-0.25, -0.2) is 13.6 Å². The largest absolute Gasteiger partial charge is 0.336 e. The van der Waals surface area contributed by atoms with Crippen molar-refractivity contribution in [3.8, 4) is 0 Å². The number of allylic oxidation sites excluding steroid dienone is 1. The molecule has 4 bridgehead atoms. The Kier molecular flexibility index (Phi) is 9.47. The minimum atomic E-state index is -1.27. The van der Waals surface area contributed by atoms with Crippen molar-refractivity contribution in [1.29, 1.82) is 0 Å². The maximum absolute atomic E-state index is 16.9. The van der Waals surface area contributed by atoms with Crippen molar-refractivity contribution in [2.24, 2.45) is 29.6 Å². The molecule has 7 rings (SSSR count). The SMILES string of the molecule is C=CC(=O)N1CCN(C2NC(=O)N3C4NC(C(F)CC42)C2C(F)CCCC2N2C=C(CCCC4CCCC(C(C)C)C43)NN2)[C@@H](C)C1. The Balaban J connectivity index is 1.28. The van der Waals surface area contributed by atoms with Gasteiger partial charge in [0.2, 0.25) is 5.91 Å². The normalized spacial score (nSPS) is 42.8. The van der Waals surface area contributed by atoms with Crippen LogP contribution in [0.2, 0.25) is 0 Å². The summed E-state index contributed by atoms with van der Waals surface area (Å²) < 4.78 is 33.1. The van der Waals surface area contributed by atoms with Gasteiger partial charge in [-0.05, 0) is 88.5 Å². The van der Waals surface area contributed by atoms with Gasteiger partial charge in [0.25, 0.3) is 0 Å². The van der Waals surface area contributed by atoms with Gasteiger partial charge in [-0.2, -0.15) is 0 Å². The molecule has 5 fully saturated rings. The molecule has 5 heterocycles. The highest BCUT2D eigenvalue weighted by molar-refractivity contribution is 5.87. The number of nitrogens with zero attached hydrogens (tertiary/aromatic N) is 4. The third-order valence-electron chi connectivity index (χ3n) is 12.9. The predicted molar refractivity (Wildman–Crippen MR) is 176 cm³/mol. The van der Waals surface area contributed by atoms with Crippen molar-refractivity contribution in [3.05, 3.63) is 24.6 Å². The van der Waals surface area contributed by atoms with Crippen molar-refractivity contribution in [2.75, 3.05) is 19.6 Å². The van der Waals surface area contributed by atoms with Gasteiger partial charge in [0, 0.05) is 61.5 Å². The van der Waals surface area contributed by atoms with E-state index in [0.717, 1.165) is 57.1 Å². The summed E-state index contributed by atoms with van der Waals surface area (Å²) in [6.45, 7) is 11.9. The first-order valence-electron chi connectivity index (χ1n) is 18.5. The molecule has 2 saturated carbocycles. The predicted octanol–water partition coefficient (Wildman–Crippen LogP) is 4.00. The van der Waals surface area contributed by atoms with E-state index < -0.39 is 30.5 Å². The topological polar surface area (TPSA) is 95.2 Å². The molecule has 3 amide bonds. The average molecular weight is 659 g/mol. The number of rotatable bonds is 3. The molecule has 47 heavy (non-hydrogen) atoms. The Morgan fingerprint density at radius 2 is 1.83 bits per heavy atom. The Morgan fingerprint density at radius 1 is 1.04 bits per heavy atom. The van der Waals surface area contributed by atoms with Gasteiger partial charge in [-0.1, -0.05) is 26.8 Å². The number of hydrogen-bond donors (Lipinski definition) is 4. The van der Waals surface area contributed by atoms with E-state index in [4.69, 9.17) is 0 Å². The van der Waals surface area contributed by atoms with E-state index in [-0.39, 0.29) is 48.6 Å². The van der Waals surface area contributed by atoms with Crippen LogP contribution >= 0.6 is 0 Å². The highest BCUT2D eigenvalue weighted by Gasteiger charge is 2.57. The first-order valence-corrected chi connectivity index (χ1v) is 18.5. The second-order valence-electron chi connectivity index (χ2n) is 15.8. The first-order chi connectivity index (χ1) is 22.7. The van der Waals surface area contributed by atoms with E-state index in [0.29, 0.717) is 43.8 Å². The average Bonchev–Trinajstić information content (AvgIpc) is 3.52. The summed E-state index contributed by atoms with van der Waals surface area (Å²) >= 11 is 0. The quantitative estimate of drug-likeness (QED) is 0.341. The highest BCUT2D eigenvalue weighted by atomic mass is 19.1. The van der Waals surface area contributed by atoms with Gasteiger partial charge in [0.15, 0.2) is 0 Å². The Labute approximate surface area is 279 Å². The molecule has 0 spiro atoms. The molecule has 0 radical (unpaired) electrons. The molecule has 12 heteroatoms. The van der Waals surface area contributed by atoms with Crippen molar-refractivity contribution in [1.82, 2.24) is 41.3 Å². The van der Waals surface area contributed by atoms with E-state index >= 15 is 8.78 Å². The molecule has 10 nitrogen and oxygen atoms in total. The van der Waals surface area contributed by atoms with Crippen LogP contribution in [0, 0.1) is 29.6 Å². The maximum Gasteiger partial charge on any atom is 0.320 e. The number of nitrogens with one attached hydrogen (secondary N) is 4. The van der Waals surface area contributed by atoms with Crippen molar-refractivity contribution in [2.45, 2.75) is 134 Å². The molecule has 4 N–H and O–H groups in total. The number of hydrazine groups is 2. The monoisotopic (exact) mass is 658 g/mol. The maximum atomic E-state index is 16.9. The minimum absolute atomic E-state index is 0.0207. The molecule has 11 unspecified atom stereocenters. The summed E-state index contributed by atoms with van der Waals surface area (Å²) in [5, 5.41) is 9.14. The van der Waals surface area contributed by atoms with Crippen LogP contribution < -0.4 is 21.6 Å². The second kappa shape index (κ2) is 13.5. The van der Waals surface area contributed by atoms with Gasteiger partial charge < -0.3 is 20.5 Å². The number of urea groups is 1. The zero-order valence-corrected chi connectivity index (χ0v) is 28.4. The zero-order valence-electron chi connectivity index (χ0n) is 28.4. The van der Waals surface area contributed by atoms with Gasteiger partial charge in [0.1, 0.15) is 12.3 Å². The standard InChI is InChI=1S/C35H56F2N8O2/c1-5-29(46)42-15-16-43(21(4)18-42)33-25-17-27(37)31-30-26(36)13-8-14-28(30)44-19-23(40-41-44)11-6-9-22-10-7-12-24(20(2)3)32(22)45(34(25)38-31)35(47)39-33/h5,19-22,24-28,30-34,38,40-41H,1,6-18H2,2-4H3,(H,39,47)/t21-,22?,24?,25?,26?,27?,28?,30?,31?,32?,33?,34?/m0/s1. The molecule has 0 aromatic carbocycles. The van der Waals surface area contributed by atoms with E-state index in [1.165, 1.54) is 6.08 Å². The Bertz CT molecular complexity index is 1220. The molecular weight excluding hydrogens is 602 g/mol. The number of piperazine rings is 1. The van der Waals surface area contributed by atoms with E-state index in [1.807, 2.05) is 5.01 Å². The molecule has 12 atom stereocenters. The lowest BCUT2D eigenvalue weighted by Crippen LogP contribution is -2.79. The van der Waals surface area contributed by atoms with E-state index in [1.54, 1.807) is 4.90 Å². The second-order valence-corrected chi connectivity index (χ2v) is 15.8. The zero-order chi connectivity index (χ0) is 33.0.